The number of carbonyl (C=O) groups excluding carboxylic acids is 1. The molecule has 26 heavy (non-hydrogen) atoms. The van der Waals surface area contributed by atoms with E-state index >= 15 is 0 Å². The van der Waals surface area contributed by atoms with Gasteiger partial charge < -0.3 is 10.2 Å². The van der Waals surface area contributed by atoms with E-state index in [4.69, 9.17) is 0 Å². The molecule has 2 atom stereocenters. The Labute approximate surface area is 158 Å². The lowest BCUT2D eigenvalue weighted by atomic mass is 10.0. The van der Waals surface area contributed by atoms with E-state index in [2.05, 4.69) is 33.5 Å². The van der Waals surface area contributed by atoms with Gasteiger partial charge in [0.2, 0.25) is 0 Å². The Hall–Kier alpha value is -1.76. The summed E-state index contributed by atoms with van der Waals surface area (Å²) in [6.07, 6.45) is 0. The molecule has 0 saturated carbocycles. The highest BCUT2D eigenvalue weighted by Gasteiger charge is 2.31. The van der Waals surface area contributed by atoms with Gasteiger partial charge in [0.1, 0.15) is 5.82 Å². The lowest BCUT2D eigenvalue weighted by Gasteiger charge is -2.41. The Balaban J connectivity index is 1.75. The molecule has 4 nitrogen and oxygen atoms in total. The summed E-state index contributed by atoms with van der Waals surface area (Å²) in [7, 11) is 0. The van der Waals surface area contributed by atoms with E-state index in [1.807, 2.05) is 13.0 Å². The third kappa shape index (κ3) is 4.31. The highest BCUT2D eigenvalue weighted by molar-refractivity contribution is 7.10. The molecule has 0 spiro atoms. The molecule has 1 N–H and O–H groups in total. The fourth-order valence-electron chi connectivity index (χ4n) is 3.57. The quantitative estimate of drug-likeness (QED) is 0.841. The van der Waals surface area contributed by atoms with E-state index in [0.29, 0.717) is 0 Å². The van der Waals surface area contributed by atoms with Crippen LogP contribution in [0.15, 0.2) is 41.8 Å². The zero-order valence-electron chi connectivity index (χ0n) is 15.3. The molecule has 1 amide bonds. The van der Waals surface area contributed by atoms with Gasteiger partial charge in [-0.2, -0.15) is 0 Å². The van der Waals surface area contributed by atoms with Crippen LogP contribution in [0, 0.1) is 5.82 Å². The van der Waals surface area contributed by atoms with Crippen LogP contribution in [0.1, 0.15) is 35.1 Å². The number of rotatable bonds is 6. The predicted molar refractivity (Wildman–Crippen MR) is 104 cm³/mol. The van der Waals surface area contributed by atoms with Crippen LogP contribution in [0.4, 0.5) is 4.39 Å². The van der Waals surface area contributed by atoms with Crippen molar-refractivity contribution in [2.75, 3.05) is 32.7 Å². The molecular formula is C20H26FN3OS. The van der Waals surface area contributed by atoms with Crippen LogP contribution in [0.25, 0.3) is 0 Å². The number of halogens is 1. The highest BCUT2D eigenvalue weighted by atomic mass is 32.1. The summed E-state index contributed by atoms with van der Waals surface area (Å²) >= 11 is 1.70. The van der Waals surface area contributed by atoms with Gasteiger partial charge in [0.05, 0.1) is 11.6 Å². The molecule has 2 heterocycles. The summed E-state index contributed by atoms with van der Waals surface area (Å²) in [5.74, 6) is -0.842. The maximum atomic E-state index is 13.9. The van der Waals surface area contributed by atoms with E-state index in [1.165, 1.54) is 17.0 Å². The second kappa shape index (κ2) is 8.75. The van der Waals surface area contributed by atoms with Crippen LogP contribution in [0.2, 0.25) is 0 Å². The van der Waals surface area contributed by atoms with Gasteiger partial charge in [-0.05, 0) is 37.0 Å². The van der Waals surface area contributed by atoms with E-state index < -0.39 is 5.82 Å². The van der Waals surface area contributed by atoms with Crippen molar-refractivity contribution < 1.29 is 9.18 Å². The second-order valence-corrected chi connectivity index (χ2v) is 7.65. The van der Waals surface area contributed by atoms with Gasteiger partial charge in [0, 0.05) is 37.1 Å². The minimum Gasteiger partial charge on any atom is -0.348 e. The molecule has 140 valence electrons. The smallest absolute Gasteiger partial charge is 0.254 e. The first-order valence-electron chi connectivity index (χ1n) is 9.15. The molecule has 1 aliphatic rings. The summed E-state index contributed by atoms with van der Waals surface area (Å²) < 4.78 is 13.9. The molecule has 1 aliphatic heterocycles. The van der Waals surface area contributed by atoms with Crippen molar-refractivity contribution in [2.45, 2.75) is 25.9 Å². The molecule has 6 heteroatoms. The fraction of sp³-hybridized carbons (Fsp3) is 0.450. The standard InChI is InChI=1S/C20H26FN3OS/c1-3-23-10-12-24(13-11-23)19(18-9-6-14-26-18)15(2)22-20(25)16-7-4-5-8-17(16)21/h4-9,14-15,19H,3,10-13H2,1-2H3,(H,22,25)/t15-,19-/m0/s1. The molecular weight excluding hydrogens is 349 g/mol. The molecule has 0 aliphatic carbocycles. The number of nitrogens with zero attached hydrogens (tertiary/aromatic N) is 2. The zero-order valence-corrected chi connectivity index (χ0v) is 16.1. The SMILES string of the molecule is CCN1CCN([C@H](c2cccs2)[C@H](C)NC(=O)c2ccccc2F)CC1. The van der Waals surface area contributed by atoms with Crippen molar-refractivity contribution in [3.8, 4) is 0 Å². The molecule has 0 unspecified atom stereocenters. The van der Waals surface area contributed by atoms with E-state index in [1.54, 1.807) is 23.5 Å². The molecule has 1 aromatic carbocycles. The summed E-state index contributed by atoms with van der Waals surface area (Å²) in [4.78, 5) is 18.7. The highest BCUT2D eigenvalue weighted by Crippen LogP contribution is 2.29. The molecule has 3 rings (SSSR count). The number of hydrogen-bond donors (Lipinski definition) is 1. The van der Waals surface area contributed by atoms with Crippen LogP contribution in [0.5, 0.6) is 0 Å². The number of nitrogens with one attached hydrogen (secondary N) is 1. The van der Waals surface area contributed by atoms with Crippen LogP contribution < -0.4 is 5.32 Å². The normalized spacial score (nSPS) is 18.4. The first-order chi connectivity index (χ1) is 12.6. The van der Waals surface area contributed by atoms with Gasteiger partial charge in [0.25, 0.3) is 5.91 Å². The number of amides is 1. The third-order valence-corrected chi connectivity index (χ3v) is 5.98. The average Bonchev–Trinajstić information content (AvgIpc) is 3.17. The fourth-order valence-corrected chi connectivity index (χ4v) is 4.53. The molecule has 2 aromatic rings. The van der Waals surface area contributed by atoms with E-state index in [0.717, 1.165) is 32.7 Å². The Bertz CT molecular complexity index is 714. The van der Waals surface area contributed by atoms with Crippen molar-refractivity contribution in [3.63, 3.8) is 0 Å². The first-order valence-corrected chi connectivity index (χ1v) is 10.0. The largest absolute Gasteiger partial charge is 0.348 e. The number of hydrogen-bond acceptors (Lipinski definition) is 4. The first kappa shape index (κ1) is 19.0. The summed E-state index contributed by atoms with van der Waals surface area (Å²) in [6, 6.07) is 10.3. The van der Waals surface area contributed by atoms with Crippen molar-refractivity contribution in [1.82, 2.24) is 15.1 Å². The Morgan fingerprint density at radius 3 is 2.54 bits per heavy atom. The second-order valence-electron chi connectivity index (χ2n) is 6.67. The van der Waals surface area contributed by atoms with Gasteiger partial charge in [-0.25, -0.2) is 4.39 Å². The Kier molecular flexibility index (Phi) is 6.40. The predicted octanol–water partition coefficient (Wildman–Crippen LogP) is 3.38. The van der Waals surface area contributed by atoms with Crippen LogP contribution in [0.3, 0.4) is 0 Å². The molecule has 1 fully saturated rings. The number of carbonyl (C=O) groups is 1. The summed E-state index contributed by atoms with van der Waals surface area (Å²) in [5.41, 5.74) is 0.0973. The topological polar surface area (TPSA) is 35.6 Å². The van der Waals surface area contributed by atoms with E-state index in [9.17, 15) is 9.18 Å². The Morgan fingerprint density at radius 2 is 1.92 bits per heavy atom. The van der Waals surface area contributed by atoms with Gasteiger partial charge in [-0.15, -0.1) is 11.3 Å². The summed E-state index contributed by atoms with van der Waals surface area (Å²) in [5, 5.41) is 5.09. The zero-order chi connectivity index (χ0) is 18.5. The number of piperazine rings is 1. The molecule has 1 aromatic heterocycles. The number of likely N-dealkylation sites (N-methyl/N-ethyl adjacent to an activating group) is 1. The van der Waals surface area contributed by atoms with Crippen molar-refractivity contribution >= 4 is 17.2 Å². The van der Waals surface area contributed by atoms with Gasteiger partial charge >= 0.3 is 0 Å². The van der Waals surface area contributed by atoms with E-state index in [-0.39, 0.29) is 23.6 Å². The van der Waals surface area contributed by atoms with Crippen molar-refractivity contribution in [3.05, 3.63) is 58.0 Å². The summed E-state index contributed by atoms with van der Waals surface area (Å²) in [6.45, 7) is 9.27. The van der Waals surface area contributed by atoms with Crippen LogP contribution in [-0.2, 0) is 0 Å². The van der Waals surface area contributed by atoms with Crippen molar-refractivity contribution in [2.24, 2.45) is 0 Å². The van der Waals surface area contributed by atoms with Crippen LogP contribution >= 0.6 is 11.3 Å². The van der Waals surface area contributed by atoms with Crippen LogP contribution in [-0.4, -0.2) is 54.5 Å². The lowest BCUT2D eigenvalue weighted by Crippen LogP contribution is -2.52. The number of thiophene rings is 1. The molecule has 0 radical (unpaired) electrons. The minimum atomic E-state index is -0.485. The maximum absolute atomic E-state index is 13.9. The average molecular weight is 376 g/mol. The monoisotopic (exact) mass is 375 g/mol. The Morgan fingerprint density at radius 1 is 1.19 bits per heavy atom. The number of benzene rings is 1. The van der Waals surface area contributed by atoms with Gasteiger partial charge in [-0.1, -0.05) is 25.1 Å². The minimum absolute atomic E-state index is 0.0973. The molecule has 1 saturated heterocycles. The molecule has 0 bridgehead atoms. The van der Waals surface area contributed by atoms with Gasteiger partial charge in [0.15, 0.2) is 0 Å². The van der Waals surface area contributed by atoms with Gasteiger partial charge in [-0.3, -0.25) is 9.69 Å². The lowest BCUT2D eigenvalue weighted by molar-refractivity contribution is 0.0751. The maximum Gasteiger partial charge on any atom is 0.254 e. The third-order valence-electron chi connectivity index (χ3n) is 5.03. The van der Waals surface area contributed by atoms with Crippen molar-refractivity contribution in [1.29, 1.82) is 0 Å².